The molecule has 0 amide bonds. The van der Waals surface area contributed by atoms with E-state index in [0.717, 1.165) is 23.6 Å². The fraction of sp³-hybridized carbons (Fsp3) is 0.333. The van der Waals surface area contributed by atoms with Gasteiger partial charge in [-0.15, -0.1) is 11.8 Å². The number of nitrogens with one attached hydrogen (secondary N) is 1. The van der Waals surface area contributed by atoms with Gasteiger partial charge in [0.15, 0.2) is 0 Å². The molecular weight excluding hydrogens is 294 g/mol. The van der Waals surface area contributed by atoms with E-state index in [-0.39, 0.29) is 12.6 Å². The molecule has 0 aliphatic carbocycles. The smallest absolute Gasteiger partial charge is 0.118 e. The van der Waals surface area contributed by atoms with E-state index in [2.05, 4.69) is 48.6 Å². The second kappa shape index (κ2) is 8.71. The summed E-state index contributed by atoms with van der Waals surface area (Å²) >= 11 is 1.77. The van der Waals surface area contributed by atoms with Crippen molar-refractivity contribution < 1.29 is 9.84 Å². The van der Waals surface area contributed by atoms with E-state index in [4.69, 9.17) is 9.84 Å². The largest absolute Gasteiger partial charge is 0.497 e. The molecule has 3 nitrogen and oxygen atoms in total. The first-order valence-electron chi connectivity index (χ1n) is 7.47. The van der Waals surface area contributed by atoms with Gasteiger partial charge in [0, 0.05) is 29.0 Å². The van der Waals surface area contributed by atoms with Crippen molar-refractivity contribution in [1.29, 1.82) is 0 Å². The highest BCUT2D eigenvalue weighted by Crippen LogP contribution is 2.24. The number of aliphatic hydroxyl groups excluding tert-OH is 1. The molecule has 0 aliphatic heterocycles. The molecule has 118 valence electrons. The number of anilines is 1. The minimum Gasteiger partial charge on any atom is -0.497 e. The van der Waals surface area contributed by atoms with Crippen LogP contribution in [0.4, 0.5) is 5.69 Å². The van der Waals surface area contributed by atoms with E-state index in [1.165, 1.54) is 10.5 Å². The van der Waals surface area contributed by atoms with Crippen LogP contribution < -0.4 is 10.1 Å². The number of methoxy groups -OCH3 is 1. The van der Waals surface area contributed by atoms with Crippen LogP contribution in [0.2, 0.25) is 0 Å². The van der Waals surface area contributed by atoms with E-state index in [9.17, 15) is 0 Å². The molecule has 1 unspecified atom stereocenters. The topological polar surface area (TPSA) is 41.5 Å². The Hall–Kier alpha value is -1.65. The third-order valence-electron chi connectivity index (χ3n) is 3.42. The first-order chi connectivity index (χ1) is 10.7. The van der Waals surface area contributed by atoms with Crippen LogP contribution in [0.1, 0.15) is 24.9 Å². The van der Waals surface area contributed by atoms with Crippen molar-refractivity contribution in [2.45, 2.75) is 24.3 Å². The molecule has 4 heteroatoms. The standard InChI is InChI=1S/C18H23NO2S/c1-14(15-4-8-17(21-2)9-5-15)19-16-6-10-18(11-7-16)22-13-3-12-20/h4-11,14,19-20H,3,12-13H2,1-2H3. The zero-order chi connectivity index (χ0) is 15.8. The van der Waals surface area contributed by atoms with Crippen LogP contribution in [0, 0.1) is 0 Å². The Bertz CT molecular complexity index is 554. The third kappa shape index (κ3) is 4.97. The van der Waals surface area contributed by atoms with Crippen LogP contribution in [0.25, 0.3) is 0 Å². The number of hydrogen-bond donors (Lipinski definition) is 2. The van der Waals surface area contributed by atoms with E-state index in [0.29, 0.717) is 0 Å². The van der Waals surface area contributed by atoms with Crippen molar-refractivity contribution in [3.8, 4) is 5.75 Å². The summed E-state index contributed by atoms with van der Waals surface area (Å²) in [5.41, 5.74) is 2.33. The van der Waals surface area contributed by atoms with Gasteiger partial charge in [-0.25, -0.2) is 0 Å². The second-order valence-electron chi connectivity index (χ2n) is 5.09. The fourth-order valence-electron chi connectivity index (χ4n) is 2.13. The second-order valence-corrected chi connectivity index (χ2v) is 6.26. The minimum atomic E-state index is 0.235. The van der Waals surface area contributed by atoms with Gasteiger partial charge in [0.2, 0.25) is 0 Å². The Labute approximate surface area is 136 Å². The van der Waals surface area contributed by atoms with Gasteiger partial charge in [-0.05, 0) is 55.3 Å². The lowest BCUT2D eigenvalue weighted by Crippen LogP contribution is -2.06. The molecule has 0 spiro atoms. The van der Waals surface area contributed by atoms with Gasteiger partial charge >= 0.3 is 0 Å². The lowest BCUT2D eigenvalue weighted by atomic mass is 10.1. The quantitative estimate of drug-likeness (QED) is 0.561. The molecule has 0 heterocycles. The van der Waals surface area contributed by atoms with E-state index in [1.54, 1.807) is 18.9 Å². The molecule has 22 heavy (non-hydrogen) atoms. The van der Waals surface area contributed by atoms with Crippen molar-refractivity contribution in [2.24, 2.45) is 0 Å². The van der Waals surface area contributed by atoms with Gasteiger partial charge in [-0.3, -0.25) is 0 Å². The van der Waals surface area contributed by atoms with Crippen LogP contribution in [-0.2, 0) is 0 Å². The minimum absolute atomic E-state index is 0.235. The average molecular weight is 317 g/mol. The zero-order valence-corrected chi connectivity index (χ0v) is 13.9. The fourth-order valence-corrected chi connectivity index (χ4v) is 2.97. The molecule has 0 aromatic heterocycles. The summed E-state index contributed by atoms with van der Waals surface area (Å²) in [5.74, 6) is 1.83. The van der Waals surface area contributed by atoms with E-state index < -0.39 is 0 Å². The highest BCUT2D eigenvalue weighted by molar-refractivity contribution is 7.99. The highest BCUT2D eigenvalue weighted by atomic mass is 32.2. The lowest BCUT2D eigenvalue weighted by Gasteiger charge is -2.16. The van der Waals surface area contributed by atoms with Gasteiger partial charge < -0.3 is 15.2 Å². The molecule has 0 radical (unpaired) electrons. The number of rotatable bonds is 8. The number of benzene rings is 2. The molecule has 1 atom stereocenters. The Kier molecular flexibility index (Phi) is 6.62. The molecule has 2 aromatic carbocycles. The monoisotopic (exact) mass is 317 g/mol. The molecule has 2 rings (SSSR count). The molecule has 0 bridgehead atoms. The summed E-state index contributed by atoms with van der Waals surface area (Å²) < 4.78 is 5.18. The average Bonchev–Trinajstić information content (AvgIpc) is 2.57. The summed E-state index contributed by atoms with van der Waals surface area (Å²) in [7, 11) is 1.68. The van der Waals surface area contributed by atoms with Crippen molar-refractivity contribution in [3.05, 3.63) is 54.1 Å². The summed E-state index contributed by atoms with van der Waals surface area (Å²) in [5, 5.41) is 12.3. The van der Waals surface area contributed by atoms with Gasteiger partial charge in [-0.1, -0.05) is 12.1 Å². The van der Waals surface area contributed by atoms with Crippen LogP contribution >= 0.6 is 11.8 Å². The number of aliphatic hydroxyl groups is 1. The summed E-state index contributed by atoms with van der Waals surface area (Å²) in [6.45, 7) is 2.40. The molecule has 0 saturated carbocycles. The Morgan fingerprint density at radius 2 is 1.77 bits per heavy atom. The molecule has 0 saturated heterocycles. The first-order valence-corrected chi connectivity index (χ1v) is 8.45. The molecule has 2 aromatic rings. The van der Waals surface area contributed by atoms with E-state index in [1.807, 2.05) is 12.1 Å². The molecular formula is C18H23NO2S. The Morgan fingerprint density at radius 1 is 1.09 bits per heavy atom. The highest BCUT2D eigenvalue weighted by Gasteiger charge is 2.05. The maximum absolute atomic E-state index is 8.80. The van der Waals surface area contributed by atoms with Crippen LogP contribution in [-0.4, -0.2) is 24.6 Å². The molecule has 0 aliphatic rings. The normalized spacial score (nSPS) is 12.0. The van der Waals surface area contributed by atoms with Gasteiger partial charge in [-0.2, -0.15) is 0 Å². The summed E-state index contributed by atoms with van der Waals surface area (Å²) in [4.78, 5) is 1.23. The Balaban J connectivity index is 1.91. The van der Waals surface area contributed by atoms with Crippen molar-refractivity contribution in [1.82, 2.24) is 0 Å². The number of thioether (sulfide) groups is 1. The first kappa shape index (κ1) is 16.7. The van der Waals surface area contributed by atoms with E-state index >= 15 is 0 Å². The number of ether oxygens (including phenoxy) is 1. The van der Waals surface area contributed by atoms with Crippen LogP contribution in [0.15, 0.2) is 53.4 Å². The predicted molar refractivity (Wildman–Crippen MR) is 93.9 cm³/mol. The van der Waals surface area contributed by atoms with Crippen LogP contribution in [0.5, 0.6) is 5.75 Å². The summed E-state index contributed by atoms with van der Waals surface area (Å²) in [6, 6.07) is 16.8. The van der Waals surface area contributed by atoms with Crippen molar-refractivity contribution in [3.63, 3.8) is 0 Å². The lowest BCUT2D eigenvalue weighted by molar-refractivity contribution is 0.296. The maximum Gasteiger partial charge on any atom is 0.118 e. The van der Waals surface area contributed by atoms with Gasteiger partial charge in [0.1, 0.15) is 5.75 Å². The van der Waals surface area contributed by atoms with Gasteiger partial charge in [0.05, 0.1) is 7.11 Å². The molecule has 2 N–H and O–H groups in total. The SMILES string of the molecule is COc1ccc(C(C)Nc2ccc(SCCCO)cc2)cc1. The van der Waals surface area contributed by atoms with Crippen LogP contribution in [0.3, 0.4) is 0 Å². The number of hydrogen-bond acceptors (Lipinski definition) is 4. The Morgan fingerprint density at radius 3 is 2.36 bits per heavy atom. The van der Waals surface area contributed by atoms with Crippen molar-refractivity contribution >= 4 is 17.4 Å². The third-order valence-corrected chi connectivity index (χ3v) is 4.52. The van der Waals surface area contributed by atoms with Crippen molar-refractivity contribution in [2.75, 3.05) is 24.8 Å². The summed E-state index contributed by atoms with van der Waals surface area (Å²) in [6.07, 6.45) is 0.833. The molecule has 0 fully saturated rings. The zero-order valence-electron chi connectivity index (χ0n) is 13.1. The van der Waals surface area contributed by atoms with Gasteiger partial charge in [0.25, 0.3) is 0 Å². The maximum atomic E-state index is 8.80. The predicted octanol–water partition coefficient (Wildman–Crippen LogP) is 4.34.